The highest BCUT2D eigenvalue weighted by Crippen LogP contribution is 2.27. The molecule has 1 atom stereocenters. The summed E-state index contributed by atoms with van der Waals surface area (Å²) < 4.78 is 16.8. The Labute approximate surface area is 186 Å². The molecule has 1 unspecified atom stereocenters. The van der Waals surface area contributed by atoms with E-state index in [-0.39, 0.29) is 18.4 Å². The number of carbonyl (C=O) groups excluding carboxylic acids is 1. The minimum absolute atomic E-state index is 0.00640. The Bertz CT molecular complexity index is 1000. The van der Waals surface area contributed by atoms with E-state index in [2.05, 4.69) is 4.98 Å². The molecule has 0 bridgehead atoms. The van der Waals surface area contributed by atoms with Crippen LogP contribution >= 0.6 is 11.6 Å². The summed E-state index contributed by atoms with van der Waals surface area (Å²) in [5.41, 5.74) is 1.11. The third kappa shape index (κ3) is 5.58. The third-order valence-electron chi connectivity index (χ3n) is 5.41. The van der Waals surface area contributed by atoms with Gasteiger partial charge in [0.2, 0.25) is 0 Å². The Morgan fingerprint density at radius 3 is 2.65 bits per heavy atom. The van der Waals surface area contributed by atoms with Crippen molar-refractivity contribution in [3.05, 3.63) is 77.0 Å². The van der Waals surface area contributed by atoms with Crippen molar-refractivity contribution in [2.75, 3.05) is 26.8 Å². The van der Waals surface area contributed by atoms with Crippen molar-refractivity contribution in [2.45, 2.75) is 25.2 Å². The molecule has 1 aromatic heterocycles. The Balaban J connectivity index is 1.32. The van der Waals surface area contributed by atoms with E-state index in [9.17, 15) is 4.79 Å². The fourth-order valence-electron chi connectivity index (χ4n) is 3.71. The van der Waals surface area contributed by atoms with E-state index in [4.69, 9.17) is 25.5 Å². The number of halogens is 1. The van der Waals surface area contributed by atoms with Crippen LogP contribution in [0.1, 0.15) is 36.0 Å². The van der Waals surface area contributed by atoms with Gasteiger partial charge in [0.25, 0.3) is 5.91 Å². The lowest BCUT2D eigenvalue weighted by Crippen LogP contribution is -2.41. The number of aromatic nitrogens is 1. The van der Waals surface area contributed by atoms with E-state index in [1.807, 2.05) is 29.2 Å². The van der Waals surface area contributed by atoms with Crippen LogP contribution in [-0.4, -0.2) is 42.6 Å². The van der Waals surface area contributed by atoms with Crippen LogP contribution in [0.25, 0.3) is 0 Å². The third-order valence-corrected chi connectivity index (χ3v) is 5.66. The van der Waals surface area contributed by atoms with E-state index < -0.39 is 0 Å². The maximum Gasteiger partial charge on any atom is 0.260 e. The van der Waals surface area contributed by atoms with Crippen LogP contribution in [0.2, 0.25) is 5.02 Å². The molecule has 2 aromatic carbocycles. The number of carbonyl (C=O) groups is 1. The Morgan fingerprint density at radius 1 is 1.16 bits per heavy atom. The molecule has 0 saturated carbocycles. The molecule has 0 radical (unpaired) electrons. The average molecular weight is 441 g/mol. The van der Waals surface area contributed by atoms with Gasteiger partial charge < -0.3 is 18.8 Å². The van der Waals surface area contributed by atoms with Gasteiger partial charge in [-0.05, 0) is 54.8 Å². The van der Waals surface area contributed by atoms with Crippen LogP contribution in [0, 0.1) is 0 Å². The first-order chi connectivity index (χ1) is 15.1. The molecule has 1 fully saturated rings. The SMILES string of the molecule is COc1ccc(OCC(=O)N2CCCC(c3ncc(Cc4ccc(Cl)cc4)o3)C2)cc1. The minimum Gasteiger partial charge on any atom is -0.497 e. The molecule has 1 amide bonds. The zero-order valence-electron chi connectivity index (χ0n) is 17.4. The van der Waals surface area contributed by atoms with Gasteiger partial charge in [-0.3, -0.25) is 4.79 Å². The van der Waals surface area contributed by atoms with E-state index in [0.717, 1.165) is 36.5 Å². The molecular weight excluding hydrogens is 416 g/mol. The number of benzene rings is 2. The van der Waals surface area contributed by atoms with Gasteiger partial charge in [0, 0.05) is 24.5 Å². The summed E-state index contributed by atoms with van der Waals surface area (Å²) in [4.78, 5) is 19.0. The number of hydrogen-bond acceptors (Lipinski definition) is 5. The number of amides is 1. The van der Waals surface area contributed by atoms with Crippen LogP contribution < -0.4 is 9.47 Å². The molecule has 1 aliphatic heterocycles. The average Bonchev–Trinajstić information content (AvgIpc) is 3.28. The minimum atomic E-state index is -0.0338. The molecule has 0 N–H and O–H groups in total. The number of oxazole rings is 1. The van der Waals surface area contributed by atoms with E-state index in [1.54, 1.807) is 37.6 Å². The van der Waals surface area contributed by atoms with Crippen LogP contribution in [0.4, 0.5) is 0 Å². The monoisotopic (exact) mass is 440 g/mol. The first kappa shape index (κ1) is 21.2. The molecule has 4 rings (SSSR count). The highest BCUT2D eigenvalue weighted by Gasteiger charge is 2.28. The normalized spacial score (nSPS) is 16.2. The summed E-state index contributed by atoms with van der Waals surface area (Å²) in [6.07, 6.45) is 4.30. The molecule has 31 heavy (non-hydrogen) atoms. The summed E-state index contributed by atoms with van der Waals surface area (Å²) in [5.74, 6) is 2.95. The number of likely N-dealkylation sites (tertiary alicyclic amines) is 1. The van der Waals surface area contributed by atoms with Gasteiger partial charge in [-0.2, -0.15) is 0 Å². The number of piperidine rings is 1. The van der Waals surface area contributed by atoms with Crippen molar-refractivity contribution in [1.29, 1.82) is 0 Å². The van der Waals surface area contributed by atoms with Crippen LogP contribution in [0.5, 0.6) is 11.5 Å². The van der Waals surface area contributed by atoms with Crippen LogP contribution in [0.3, 0.4) is 0 Å². The largest absolute Gasteiger partial charge is 0.497 e. The van der Waals surface area contributed by atoms with Crippen LogP contribution in [-0.2, 0) is 11.2 Å². The quantitative estimate of drug-likeness (QED) is 0.532. The van der Waals surface area contributed by atoms with Crippen molar-refractivity contribution in [3.63, 3.8) is 0 Å². The number of rotatable bonds is 7. The lowest BCUT2D eigenvalue weighted by molar-refractivity contribution is -0.134. The lowest BCUT2D eigenvalue weighted by Gasteiger charge is -2.31. The van der Waals surface area contributed by atoms with Gasteiger partial charge in [-0.25, -0.2) is 4.98 Å². The topological polar surface area (TPSA) is 64.8 Å². The fourth-order valence-corrected chi connectivity index (χ4v) is 3.84. The van der Waals surface area contributed by atoms with Gasteiger partial charge in [0.15, 0.2) is 12.5 Å². The van der Waals surface area contributed by atoms with Gasteiger partial charge in [0.1, 0.15) is 17.3 Å². The number of hydrogen-bond donors (Lipinski definition) is 0. The molecular formula is C24H25ClN2O4. The standard InChI is InChI=1S/C24H25ClN2O4/c1-29-20-8-10-21(11-9-20)30-16-23(28)27-12-2-3-18(15-27)24-26-14-22(31-24)13-17-4-6-19(25)7-5-17/h4-11,14,18H,2-3,12-13,15-16H2,1H3. The molecule has 6 nitrogen and oxygen atoms in total. The van der Waals surface area contributed by atoms with Crippen molar-refractivity contribution < 1.29 is 18.7 Å². The van der Waals surface area contributed by atoms with Crippen molar-refractivity contribution in [1.82, 2.24) is 9.88 Å². The summed E-state index contributed by atoms with van der Waals surface area (Å²) in [6.45, 7) is 1.32. The van der Waals surface area contributed by atoms with Gasteiger partial charge in [0.05, 0.1) is 19.2 Å². The summed E-state index contributed by atoms with van der Waals surface area (Å²) >= 11 is 5.95. The number of nitrogens with zero attached hydrogens (tertiary/aromatic N) is 2. The molecule has 1 saturated heterocycles. The molecule has 0 aliphatic carbocycles. The Hall–Kier alpha value is -2.99. The second-order valence-electron chi connectivity index (χ2n) is 7.61. The zero-order valence-corrected chi connectivity index (χ0v) is 18.2. The second kappa shape index (κ2) is 9.88. The lowest BCUT2D eigenvalue weighted by atomic mass is 9.98. The predicted molar refractivity (Wildman–Crippen MR) is 118 cm³/mol. The van der Waals surface area contributed by atoms with Crippen LogP contribution in [0.15, 0.2) is 59.1 Å². The number of ether oxygens (including phenoxy) is 2. The van der Waals surface area contributed by atoms with Crippen molar-refractivity contribution in [2.24, 2.45) is 0 Å². The first-order valence-electron chi connectivity index (χ1n) is 10.3. The van der Waals surface area contributed by atoms with E-state index in [0.29, 0.717) is 29.6 Å². The smallest absolute Gasteiger partial charge is 0.260 e. The Kier molecular flexibility index (Phi) is 6.77. The van der Waals surface area contributed by atoms with Crippen molar-refractivity contribution in [3.8, 4) is 11.5 Å². The Morgan fingerprint density at radius 2 is 1.90 bits per heavy atom. The highest BCUT2D eigenvalue weighted by atomic mass is 35.5. The van der Waals surface area contributed by atoms with Gasteiger partial charge in [-0.15, -0.1) is 0 Å². The molecule has 2 heterocycles. The first-order valence-corrected chi connectivity index (χ1v) is 10.7. The second-order valence-corrected chi connectivity index (χ2v) is 8.05. The number of methoxy groups -OCH3 is 1. The fraction of sp³-hybridized carbons (Fsp3) is 0.333. The van der Waals surface area contributed by atoms with Crippen molar-refractivity contribution >= 4 is 17.5 Å². The summed E-state index contributed by atoms with van der Waals surface area (Å²) in [7, 11) is 1.61. The van der Waals surface area contributed by atoms with Gasteiger partial charge >= 0.3 is 0 Å². The van der Waals surface area contributed by atoms with Gasteiger partial charge in [-0.1, -0.05) is 23.7 Å². The molecule has 3 aromatic rings. The summed E-state index contributed by atoms with van der Waals surface area (Å²) in [6, 6.07) is 14.9. The molecule has 1 aliphatic rings. The maximum absolute atomic E-state index is 12.7. The highest BCUT2D eigenvalue weighted by molar-refractivity contribution is 6.30. The van der Waals surface area contributed by atoms with E-state index >= 15 is 0 Å². The van der Waals surface area contributed by atoms with E-state index in [1.165, 1.54) is 0 Å². The zero-order chi connectivity index (χ0) is 21.6. The molecule has 162 valence electrons. The summed E-state index contributed by atoms with van der Waals surface area (Å²) in [5, 5.41) is 0.713. The molecule has 7 heteroatoms. The predicted octanol–water partition coefficient (Wildman–Crippen LogP) is 4.71. The maximum atomic E-state index is 12.7. The molecule has 0 spiro atoms.